The lowest BCUT2D eigenvalue weighted by Crippen LogP contribution is -2.13. The summed E-state index contributed by atoms with van der Waals surface area (Å²) in [6, 6.07) is 3.32. The van der Waals surface area contributed by atoms with Crippen LogP contribution in [0.4, 0.5) is 4.39 Å². The third-order valence-corrected chi connectivity index (χ3v) is 3.41. The molecule has 0 spiro atoms. The Morgan fingerprint density at radius 2 is 2.05 bits per heavy atom. The molecular weight excluding hydrogens is 243 g/mol. The quantitative estimate of drug-likeness (QED) is 0.840. The number of hydrogen-bond donors (Lipinski definition) is 2. The number of fused-ring (bicyclic) bond motifs is 1. The summed E-state index contributed by atoms with van der Waals surface area (Å²) in [7, 11) is 4.04. The van der Waals surface area contributed by atoms with Crippen LogP contribution in [-0.4, -0.2) is 42.2 Å². The molecule has 0 amide bonds. The van der Waals surface area contributed by atoms with Crippen molar-refractivity contribution in [1.29, 1.82) is 0 Å². The maximum absolute atomic E-state index is 14.0. The summed E-state index contributed by atoms with van der Waals surface area (Å²) in [4.78, 5) is 5.26. The van der Waals surface area contributed by atoms with E-state index < -0.39 is 0 Å². The monoisotopic (exact) mass is 264 g/mol. The van der Waals surface area contributed by atoms with Gasteiger partial charge in [-0.15, -0.1) is 0 Å². The molecule has 2 N–H and O–H groups in total. The summed E-state index contributed by atoms with van der Waals surface area (Å²) >= 11 is 0. The molecule has 2 rings (SSSR count). The lowest BCUT2D eigenvalue weighted by atomic mass is 10.0. The van der Waals surface area contributed by atoms with Crippen LogP contribution in [0.1, 0.15) is 17.5 Å². The standard InChI is InChI=1S/C15H21FN2O/c1-18(2)8-3-4-13-14(16)6-5-12-11(7-9-19)10-17-15(12)13/h5-6,10,17,19H,3-4,7-9H2,1-2H3. The van der Waals surface area contributed by atoms with Gasteiger partial charge in [0.25, 0.3) is 0 Å². The molecule has 0 aliphatic rings. The molecule has 3 nitrogen and oxygen atoms in total. The van der Waals surface area contributed by atoms with Crippen molar-refractivity contribution < 1.29 is 9.50 Å². The van der Waals surface area contributed by atoms with E-state index in [1.165, 1.54) is 6.07 Å². The van der Waals surface area contributed by atoms with Gasteiger partial charge in [-0.2, -0.15) is 0 Å². The van der Waals surface area contributed by atoms with E-state index in [4.69, 9.17) is 5.11 Å². The van der Waals surface area contributed by atoms with E-state index >= 15 is 0 Å². The zero-order chi connectivity index (χ0) is 13.8. The molecule has 19 heavy (non-hydrogen) atoms. The second-order valence-electron chi connectivity index (χ2n) is 5.14. The van der Waals surface area contributed by atoms with Crippen molar-refractivity contribution in [3.05, 3.63) is 35.3 Å². The number of aryl methyl sites for hydroxylation is 1. The minimum atomic E-state index is -0.149. The van der Waals surface area contributed by atoms with Gasteiger partial charge < -0.3 is 15.0 Å². The summed E-state index contributed by atoms with van der Waals surface area (Å²) in [6.07, 6.45) is 4.12. The first kappa shape index (κ1) is 14.0. The zero-order valence-corrected chi connectivity index (χ0v) is 11.5. The fourth-order valence-corrected chi connectivity index (χ4v) is 2.44. The van der Waals surface area contributed by atoms with Gasteiger partial charge in [0.1, 0.15) is 5.82 Å². The first-order chi connectivity index (χ1) is 9.13. The second-order valence-corrected chi connectivity index (χ2v) is 5.14. The smallest absolute Gasteiger partial charge is 0.128 e. The largest absolute Gasteiger partial charge is 0.396 e. The van der Waals surface area contributed by atoms with Crippen LogP contribution in [0.3, 0.4) is 0 Å². The molecule has 0 fully saturated rings. The van der Waals surface area contributed by atoms with Crippen molar-refractivity contribution in [3.63, 3.8) is 0 Å². The number of nitrogens with zero attached hydrogens (tertiary/aromatic N) is 1. The van der Waals surface area contributed by atoms with Gasteiger partial charge in [-0.05, 0) is 57.6 Å². The summed E-state index contributed by atoms with van der Waals surface area (Å²) in [5.41, 5.74) is 2.68. The lowest BCUT2D eigenvalue weighted by Gasteiger charge is -2.10. The molecule has 104 valence electrons. The molecule has 0 atom stereocenters. The molecule has 1 heterocycles. The topological polar surface area (TPSA) is 39.3 Å². The predicted molar refractivity (Wildman–Crippen MR) is 75.9 cm³/mol. The van der Waals surface area contributed by atoms with Crippen LogP contribution >= 0.6 is 0 Å². The third-order valence-electron chi connectivity index (χ3n) is 3.41. The molecule has 0 aliphatic carbocycles. The molecule has 0 bridgehead atoms. The minimum absolute atomic E-state index is 0.111. The van der Waals surface area contributed by atoms with Crippen molar-refractivity contribution in [3.8, 4) is 0 Å². The summed E-state index contributed by atoms with van der Waals surface area (Å²) in [5.74, 6) is -0.149. The molecule has 0 radical (unpaired) electrons. The van der Waals surface area contributed by atoms with Gasteiger partial charge in [-0.1, -0.05) is 0 Å². The molecule has 0 aliphatic heterocycles. The number of hydrogen-bond acceptors (Lipinski definition) is 2. The predicted octanol–water partition coefficient (Wildman–Crippen LogP) is 2.34. The average molecular weight is 264 g/mol. The van der Waals surface area contributed by atoms with E-state index in [1.807, 2.05) is 20.3 Å². The number of aliphatic hydroxyl groups excluding tert-OH is 1. The van der Waals surface area contributed by atoms with E-state index in [-0.39, 0.29) is 12.4 Å². The number of rotatable bonds is 6. The summed E-state index contributed by atoms with van der Waals surface area (Å²) in [6.45, 7) is 1.06. The highest BCUT2D eigenvalue weighted by Crippen LogP contribution is 2.25. The Morgan fingerprint density at radius 1 is 1.26 bits per heavy atom. The van der Waals surface area contributed by atoms with Crippen LogP contribution in [0.25, 0.3) is 10.9 Å². The van der Waals surface area contributed by atoms with Gasteiger partial charge in [0.05, 0.1) is 5.52 Å². The van der Waals surface area contributed by atoms with Crippen molar-refractivity contribution in [2.75, 3.05) is 27.2 Å². The van der Waals surface area contributed by atoms with Crippen LogP contribution in [0.2, 0.25) is 0 Å². The zero-order valence-electron chi connectivity index (χ0n) is 11.5. The van der Waals surface area contributed by atoms with Crippen LogP contribution in [0, 0.1) is 5.82 Å². The molecule has 4 heteroatoms. The number of benzene rings is 1. The van der Waals surface area contributed by atoms with Gasteiger partial charge in [-0.3, -0.25) is 0 Å². The minimum Gasteiger partial charge on any atom is -0.396 e. The Balaban J connectivity index is 2.28. The van der Waals surface area contributed by atoms with Crippen molar-refractivity contribution in [2.45, 2.75) is 19.3 Å². The number of H-pyrrole nitrogens is 1. The van der Waals surface area contributed by atoms with E-state index in [2.05, 4.69) is 9.88 Å². The molecule has 0 unspecified atom stereocenters. The fraction of sp³-hybridized carbons (Fsp3) is 0.467. The molecule has 1 aromatic carbocycles. The van der Waals surface area contributed by atoms with Crippen LogP contribution in [0.15, 0.2) is 18.3 Å². The van der Waals surface area contributed by atoms with Gasteiger partial charge in [0.2, 0.25) is 0 Å². The highest BCUT2D eigenvalue weighted by molar-refractivity contribution is 5.86. The Labute approximate surface area is 113 Å². The van der Waals surface area contributed by atoms with Crippen LogP contribution in [-0.2, 0) is 12.8 Å². The molecular formula is C15H21FN2O. The van der Waals surface area contributed by atoms with Crippen LogP contribution < -0.4 is 0 Å². The van der Waals surface area contributed by atoms with Crippen molar-refractivity contribution in [1.82, 2.24) is 9.88 Å². The molecule has 0 saturated heterocycles. The highest BCUT2D eigenvalue weighted by atomic mass is 19.1. The molecule has 0 saturated carbocycles. The maximum Gasteiger partial charge on any atom is 0.128 e. The Kier molecular flexibility index (Phi) is 4.56. The van der Waals surface area contributed by atoms with Crippen LogP contribution in [0.5, 0.6) is 0 Å². The Hall–Kier alpha value is -1.39. The summed E-state index contributed by atoms with van der Waals surface area (Å²) in [5, 5.41) is 10.1. The third kappa shape index (κ3) is 3.14. The lowest BCUT2D eigenvalue weighted by molar-refractivity contribution is 0.300. The first-order valence-corrected chi connectivity index (χ1v) is 6.66. The van der Waals surface area contributed by atoms with Gasteiger partial charge in [0.15, 0.2) is 0 Å². The van der Waals surface area contributed by atoms with Crippen molar-refractivity contribution in [2.24, 2.45) is 0 Å². The van der Waals surface area contributed by atoms with E-state index in [0.29, 0.717) is 6.42 Å². The number of aromatic nitrogens is 1. The van der Waals surface area contributed by atoms with E-state index in [0.717, 1.165) is 41.4 Å². The van der Waals surface area contributed by atoms with Crippen molar-refractivity contribution >= 4 is 10.9 Å². The van der Waals surface area contributed by atoms with E-state index in [1.54, 1.807) is 6.07 Å². The van der Waals surface area contributed by atoms with E-state index in [9.17, 15) is 4.39 Å². The highest BCUT2D eigenvalue weighted by Gasteiger charge is 2.11. The number of aliphatic hydroxyl groups is 1. The Bertz CT molecular complexity index is 548. The Morgan fingerprint density at radius 3 is 2.74 bits per heavy atom. The normalized spacial score (nSPS) is 11.6. The number of aromatic amines is 1. The summed E-state index contributed by atoms with van der Waals surface area (Å²) < 4.78 is 14.0. The maximum atomic E-state index is 14.0. The number of halogens is 1. The van der Waals surface area contributed by atoms with Gasteiger partial charge >= 0.3 is 0 Å². The SMILES string of the molecule is CN(C)CCCc1c(F)ccc2c(CCO)c[nH]c12. The fourth-order valence-electron chi connectivity index (χ4n) is 2.44. The van der Waals surface area contributed by atoms with Gasteiger partial charge in [-0.25, -0.2) is 4.39 Å². The van der Waals surface area contributed by atoms with Gasteiger partial charge in [0, 0.05) is 23.8 Å². The average Bonchev–Trinajstić information content (AvgIpc) is 2.76. The second kappa shape index (κ2) is 6.17. The first-order valence-electron chi connectivity index (χ1n) is 6.66. The molecule has 1 aromatic heterocycles. The number of nitrogens with one attached hydrogen (secondary N) is 1. The molecule has 2 aromatic rings.